The smallest absolute Gasteiger partial charge is 0.306 e. The Bertz CT molecular complexity index is 1360. The lowest BCUT2D eigenvalue weighted by molar-refractivity contribution is -0.122. The largest absolute Gasteiger partial charge is 0.383 e. The molecule has 3 aromatic rings. The maximum Gasteiger partial charge on any atom is 0.306 e. The Morgan fingerprint density at radius 1 is 1.03 bits per heavy atom. The molecule has 2 heterocycles. The number of aliphatic imine (C=N–C) groups is 1. The molecule has 11 heteroatoms. The van der Waals surface area contributed by atoms with Gasteiger partial charge in [-0.1, -0.05) is 18.2 Å². The SMILES string of the molecule is CS(=O)(=O)Oc1ccc([C@@]2(c3ccc(F)c(-c4cccnc4F)c3)N=C(N)NC2=O)cc1. The number of nitrogens with zero attached hydrogens (tertiary/aromatic N) is 2. The molecule has 8 nitrogen and oxygen atoms in total. The lowest BCUT2D eigenvalue weighted by atomic mass is 9.82. The Kier molecular flexibility index (Phi) is 5.13. The lowest BCUT2D eigenvalue weighted by Gasteiger charge is -2.25. The average molecular weight is 458 g/mol. The molecule has 2 aromatic carbocycles. The van der Waals surface area contributed by atoms with Crippen LogP contribution in [0.15, 0.2) is 65.8 Å². The molecule has 1 atom stereocenters. The molecule has 0 fully saturated rings. The Hall–Kier alpha value is -3.86. The van der Waals surface area contributed by atoms with E-state index in [0.717, 1.165) is 12.3 Å². The van der Waals surface area contributed by atoms with Crippen LogP contribution in [-0.2, 0) is 20.5 Å². The summed E-state index contributed by atoms with van der Waals surface area (Å²) < 4.78 is 56.4. The number of hydrogen-bond donors (Lipinski definition) is 2. The Morgan fingerprint density at radius 3 is 2.31 bits per heavy atom. The zero-order valence-corrected chi connectivity index (χ0v) is 17.4. The third-order valence-electron chi connectivity index (χ3n) is 4.81. The number of carbonyl (C=O) groups is 1. The van der Waals surface area contributed by atoms with E-state index in [0.29, 0.717) is 5.56 Å². The average Bonchev–Trinajstić information content (AvgIpc) is 3.03. The van der Waals surface area contributed by atoms with Gasteiger partial charge in [-0.15, -0.1) is 0 Å². The molecule has 0 saturated carbocycles. The maximum absolute atomic E-state index is 14.6. The van der Waals surface area contributed by atoms with Crippen LogP contribution in [0.2, 0.25) is 0 Å². The van der Waals surface area contributed by atoms with Gasteiger partial charge in [0.25, 0.3) is 5.91 Å². The van der Waals surface area contributed by atoms with Gasteiger partial charge < -0.3 is 9.92 Å². The molecule has 0 spiro atoms. The molecule has 1 aliphatic rings. The monoisotopic (exact) mass is 458 g/mol. The van der Waals surface area contributed by atoms with E-state index in [1.165, 1.54) is 54.7 Å². The molecular formula is C21H16F2N4O4S. The van der Waals surface area contributed by atoms with Crippen LogP contribution in [0.1, 0.15) is 11.1 Å². The van der Waals surface area contributed by atoms with Crippen LogP contribution in [0.25, 0.3) is 11.1 Å². The van der Waals surface area contributed by atoms with Gasteiger partial charge in [-0.3, -0.25) is 10.1 Å². The first-order valence-electron chi connectivity index (χ1n) is 9.18. The quantitative estimate of drug-likeness (QED) is 0.446. The highest BCUT2D eigenvalue weighted by atomic mass is 32.2. The molecule has 0 bridgehead atoms. The number of carbonyl (C=O) groups excluding carboxylic acids is 1. The van der Waals surface area contributed by atoms with Gasteiger partial charge >= 0.3 is 10.1 Å². The van der Waals surface area contributed by atoms with Crippen molar-refractivity contribution in [3.05, 3.63) is 83.7 Å². The summed E-state index contributed by atoms with van der Waals surface area (Å²) in [7, 11) is -3.75. The van der Waals surface area contributed by atoms with Crippen LogP contribution in [0.4, 0.5) is 8.78 Å². The normalized spacial score (nSPS) is 18.2. The predicted octanol–water partition coefficient (Wildman–Crippen LogP) is 2.05. The molecule has 1 aromatic heterocycles. The first kappa shape index (κ1) is 21.4. The number of pyridine rings is 1. The number of nitrogens with one attached hydrogen (secondary N) is 1. The second kappa shape index (κ2) is 7.68. The minimum atomic E-state index is -3.75. The zero-order valence-electron chi connectivity index (χ0n) is 16.5. The van der Waals surface area contributed by atoms with Crippen molar-refractivity contribution in [3.8, 4) is 16.9 Å². The summed E-state index contributed by atoms with van der Waals surface area (Å²) in [5.41, 5.74) is 4.37. The van der Waals surface area contributed by atoms with Crippen LogP contribution < -0.4 is 15.2 Å². The van der Waals surface area contributed by atoms with Crippen LogP contribution in [0.3, 0.4) is 0 Å². The van der Waals surface area contributed by atoms with Gasteiger partial charge in [0.2, 0.25) is 5.95 Å². The highest BCUT2D eigenvalue weighted by Gasteiger charge is 2.47. The summed E-state index contributed by atoms with van der Waals surface area (Å²) in [6.45, 7) is 0. The summed E-state index contributed by atoms with van der Waals surface area (Å²) in [4.78, 5) is 20.8. The molecule has 164 valence electrons. The molecule has 0 aliphatic carbocycles. The minimum absolute atomic E-state index is 0.0268. The van der Waals surface area contributed by atoms with Crippen molar-refractivity contribution in [2.75, 3.05) is 6.26 Å². The van der Waals surface area contributed by atoms with Crippen molar-refractivity contribution >= 4 is 22.0 Å². The summed E-state index contributed by atoms with van der Waals surface area (Å²) in [6, 6.07) is 12.1. The fourth-order valence-corrected chi connectivity index (χ4v) is 3.95. The van der Waals surface area contributed by atoms with Gasteiger partial charge in [0.15, 0.2) is 11.5 Å². The second-order valence-electron chi connectivity index (χ2n) is 7.01. The molecule has 0 radical (unpaired) electrons. The molecule has 4 rings (SSSR count). The Balaban J connectivity index is 1.89. The van der Waals surface area contributed by atoms with E-state index >= 15 is 0 Å². The Labute approximate surface area is 181 Å². The number of benzene rings is 2. The van der Waals surface area contributed by atoms with Gasteiger partial charge in [0, 0.05) is 17.3 Å². The third-order valence-corrected chi connectivity index (χ3v) is 5.31. The number of rotatable bonds is 5. The van der Waals surface area contributed by atoms with E-state index in [9.17, 15) is 22.0 Å². The van der Waals surface area contributed by atoms with Crippen molar-refractivity contribution in [1.82, 2.24) is 10.3 Å². The van der Waals surface area contributed by atoms with Crippen molar-refractivity contribution in [2.24, 2.45) is 10.7 Å². The number of amides is 1. The number of aromatic nitrogens is 1. The van der Waals surface area contributed by atoms with Crippen LogP contribution in [0, 0.1) is 11.8 Å². The fraction of sp³-hybridized carbons (Fsp3) is 0.0952. The van der Waals surface area contributed by atoms with E-state index in [-0.39, 0.29) is 28.4 Å². The number of guanidine groups is 1. The van der Waals surface area contributed by atoms with E-state index in [4.69, 9.17) is 9.92 Å². The molecule has 1 aliphatic heterocycles. The molecule has 0 unspecified atom stereocenters. The van der Waals surface area contributed by atoms with E-state index in [1.54, 1.807) is 0 Å². The standard InChI is InChI=1S/C21H16F2N4O4S/c1-32(29,30)31-14-7-4-12(5-8-14)21(19(28)26-20(24)27-21)13-6-9-17(22)16(11-13)15-3-2-10-25-18(15)23/h2-11H,1H3,(H3,24,26,27,28)/t21-/m0/s1. The first-order valence-corrected chi connectivity index (χ1v) is 11.0. The number of nitrogens with two attached hydrogens (primary N) is 1. The van der Waals surface area contributed by atoms with Gasteiger partial charge in [-0.2, -0.15) is 12.8 Å². The van der Waals surface area contributed by atoms with Gasteiger partial charge in [0.1, 0.15) is 11.6 Å². The predicted molar refractivity (Wildman–Crippen MR) is 112 cm³/mol. The zero-order chi connectivity index (χ0) is 23.1. The van der Waals surface area contributed by atoms with E-state index in [2.05, 4.69) is 15.3 Å². The molecular weight excluding hydrogens is 442 g/mol. The Morgan fingerprint density at radius 2 is 1.72 bits per heavy atom. The van der Waals surface area contributed by atoms with Gasteiger partial charge in [-0.25, -0.2) is 14.4 Å². The van der Waals surface area contributed by atoms with Crippen LogP contribution in [0.5, 0.6) is 5.75 Å². The van der Waals surface area contributed by atoms with E-state index in [1.807, 2.05) is 0 Å². The highest BCUT2D eigenvalue weighted by Crippen LogP contribution is 2.39. The minimum Gasteiger partial charge on any atom is -0.383 e. The second-order valence-corrected chi connectivity index (χ2v) is 8.58. The van der Waals surface area contributed by atoms with Crippen LogP contribution in [-0.4, -0.2) is 31.5 Å². The van der Waals surface area contributed by atoms with E-state index < -0.39 is 33.3 Å². The highest BCUT2D eigenvalue weighted by molar-refractivity contribution is 7.86. The molecule has 32 heavy (non-hydrogen) atoms. The van der Waals surface area contributed by atoms with Gasteiger partial charge in [0.05, 0.1) is 6.26 Å². The topological polar surface area (TPSA) is 124 Å². The summed E-state index contributed by atoms with van der Waals surface area (Å²) in [5.74, 6) is -2.35. The summed E-state index contributed by atoms with van der Waals surface area (Å²) in [6.07, 6.45) is 2.13. The van der Waals surface area contributed by atoms with Crippen molar-refractivity contribution in [1.29, 1.82) is 0 Å². The number of hydrogen-bond acceptors (Lipinski definition) is 7. The summed E-state index contributed by atoms with van der Waals surface area (Å²) in [5, 5.41) is 2.42. The maximum atomic E-state index is 14.6. The number of halogens is 2. The third kappa shape index (κ3) is 3.78. The molecule has 3 N–H and O–H groups in total. The van der Waals surface area contributed by atoms with Crippen LogP contribution >= 0.6 is 0 Å². The molecule has 0 saturated heterocycles. The van der Waals surface area contributed by atoms with Gasteiger partial charge in [-0.05, 0) is 47.5 Å². The van der Waals surface area contributed by atoms with Crippen molar-refractivity contribution < 1.29 is 26.2 Å². The fourth-order valence-electron chi connectivity index (χ4n) is 3.49. The summed E-state index contributed by atoms with van der Waals surface area (Å²) >= 11 is 0. The van der Waals surface area contributed by atoms with Crippen molar-refractivity contribution in [2.45, 2.75) is 5.54 Å². The van der Waals surface area contributed by atoms with Crippen molar-refractivity contribution in [3.63, 3.8) is 0 Å². The molecule has 1 amide bonds. The lowest BCUT2D eigenvalue weighted by Crippen LogP contribution is -2.39. The first-order chi connectivity index (χ1) is 15.1.